The first-order chi connectivity index (χ1) is 13.6. The Kier molecular flexibility index (Phi) is 4.78. The number of hydrogen-bond acceptors (Lipinski definition) is 3. The molecule has 3 N–H and O–H groups in total. The van der Waals surface area contributed by atoms with Gasteiger partial charge in [-0.05, 0) is 42.2 Å². The second kappa shape index (κ2) is 7.39. The van der Waals surface area contributed by atoms with Crippen LogP contribution in [0.3, 0.4) is 0 Å². The molecule has 0 radical (unpaired) electrons. The number of carbonyl (C=O) groups is 1. The van der Waals surface area contributed by atoms with Crippen LogP contribution in [0.5, 0.6) is 11.5 Å². The van der Waals surface area contributed by atoms with E-state index in [1.165, 1.54) is 0 Å². The largest absolute Gasteiger partial charge is 0.508 e. The highest BCUT2D eigenvalue weighted by Crippen LogP contribution is 2.46. The number of hydrogen-bond donors (Lipinski definition) is 3. The second-order valence-electron chi connectivity index (χ2n) is 7.40. The van der Waals surface area contributed by atoms with Gasteiger partial charge in [0.15, 0.2) is 0 Å². The average molecular weight is 373 g/mol. The first-order valence-corrected chi connectivity index (χ1v) is 9.51. The van der Waals surface area contributed by atoms with E-state index in [0.29, 0.717) is 5.56 Å². The van der Waals surface area contributed by atoms with Gasteiger partial charge in [0, 0.05) is 17.9 Å². The van der Waals surface area contributed by atoms with Gasteiger partial charge in [0.2, 0.25) is 5.91 Å². The number of rotatable bonds is 6. The lowest BCUT2D eigenvalue weighted by atomic mass is 9.87. The SMILES string of the molecule is O=C(C[C@H](c1ccc(O)cc1)c1ccccc1O)NC1(c2ccccc2)CC1. The predicted octanol–water partition coefficient (Wildman–Crippen LogP) is 4.43. The summed E-state index contributed by atoms with van der Waals surface area (Å²) in [5.41, 5.74) is 2.44. The van der Waals surface area contributed by atoms with E-state index in [4.69, 9.17) is 0 Å². The summed E-state index contributed by atoms with van der Waals surface area (Å²) in [4.78, 5) is 13.0. The lowest BCUT2D eigenvalue weighted by molar-refractivity contribution is -0.122. The summed E-state index contributed by atoms with van der Waals surface area (Å²) in [7, 11) is 0. The van der Waals surface area contributed by atoms with Crippen LogP contribution in [0.15, 0.2) is 78.9 Å². The molecule has 1 fully saturated rings. The zero-order chi connectivity index (χ0) is 19.6. The fourth-order valence-electron chi connectivity index (χ4n) is 3.77. The molecule has 28 heavy (non-hydrogen) atoms. The smallest absolute Gasteiger partial charge is 0.221 e. The van der Waals surface area contributed by atoms with Crippen LogP contribution in [-0.2, 0) is 10.3 Å². The molecule has 4 heteroatoms. The molecule has 0 aromatic heterocycles. The van der Waals surface area contributed by atoms with Gasteiger partial charge in [-0.2, -0.15) is 0 Å². The first kappa shape index (κ1) is 18.1. The number of benzene rings is 3. The third kappa shape index (κ3) is 3.72. The van der Waals surface area contributed by atoms with Crippen molar-refractivity contribution < 1.29 is 15.0 Å². The van der Waals surface area contributed by atoms with E-state index in [1.54, 1.807) is 36.4 Å². The molecule has 1 saturated carbocycles. The van der Waals surface area contributed by atoms with Gasteiger partial charge in [0.05, 0.1) is 5.54 Å². The monoisotopic (exact) mass is 373 g/mol. The van der Waals surface area contributed by atoms with Gasteiger partial charge in [-0.1, -0.05) is 60.7 Å². The van der Waals surface area contributed by atoms with Crippen LogP contribution in [0.4, 0.5) is 0 Å². The normalized spacial score (nSPS) is 15.6. The predicted molar refractivity (Wildman–Crippen MR) is 108 cm³/mol. The Morgan fingerprint density at radius 3 is 2.18 bits per heavy atom. The van der Waals surface area contributed by atoms with Gasteiger partial charge < -0.3 is 15.5 Å². The number of amides is 1. The summed E-state index contributed by atoms with van der Waals surface area (Å²) in [6.45, 7) is 0. The summed E-state index contributed by atoms with van der Waals surface area (Å²) >= 11 is 0. The minimum Gasteiger partial charge on any atom is -0.508 e. The van der Waals surface area contributed by atoms with Gasteiger partial charge in [-0.3, -0.25) is 4.79 Å². The maximum absolute atomic E-state index is 13.0. The summed E-state index contributed by atoms with van der Waals surface area (Å²) in [5.74, 6) is -0.0149. The van der Waals surface area contributed by atoms with Gasteiger partial charge >= 0.3 is 0 Å². The molecule has 142 valence electrons. The zero-order valence-corrected chi connectivity index (χ0v) is 15.5. The molecule has 0 heterocycles. The standard InChI is InChI=1S/C24H23NO3/c26-19-12-10-17(11-13-19)21(20-8-4-5-9-22(20)27)16-23(28)25-24(14-15-24)18-6-2-1-3-7-18/h1-13,21,26-27H,14-16H2,(H,25,28)/t21-/m1/s1. The number of para-hydroxylation sites is 1. The molecule has 1 aliphatic rings. The van der Waals surface area contributed by atoms with E-state index in [-0.39, 0.29) is 35.3 Å². The number of phenols is 2. The molecule has 1 amide bonds. The molecule has 0 bridgehead atoms. The highest BCUT2D eigenvalue weighted by atomic mass is 16.3. The minimum atomic E-state index is -0.298. The minimum absolute atomic E-state index is 0.0531. The summed E-state index contributed by atoms with van der Waals surface area (Å²) in [6, 6.07) is 23.9. The van der Waals surface area contributed by atoms with E-state index < -0.39 is 0 Å². The third-order valence-electron chi connectivity index (χ3n) is 5.45. The van der Waals surface area contributed by atoms with Crippen molar-refractivity contribution in [2.75, 3.05) is 0 Å². The Labute approximate surface area is 164 Å². The highest BCUT2D eigenvalue weighted by molar-refractivity contribution is 5.79. The van der Waals surface area contributed by atoms with Crippen molar-refractivity contribution in [3.05, 3.63) is 95.6 Å². The highest BCUT2D eigenvalue weighted by Gasteiger charge is 2.45. The van der Waals surface area contributed by atoms with E-state index in [0.717, 1.165) is 24.0 Å². The zero-order valence-electron chi connectivity index (χ0n) is 15.5. The topological polar surface area (TPSA) is 69.6 Å². The molecular weight excluding hydrogens is 350 g/mol. The lowest BCUT2D eigenvalue weighted by Crippen LogP contribution is -2.35. The van der Waals surface area contributed by atoms with Crippen molar-refractivity contribution in [2.24, 2.45) is 0 Å². The lowest BCUT2D eigenvalue weighted by Gasteiger charge is -2.22. The molecule has 3 aromatic rings. The van der Waals surface area contributed by atoms with Crippen molar-refractivity contribution in [3.8, 4) is 11.5 Å². The van der Waals surface area contributed by atoms with Crippen LogP contribution in [0.25, 0.3) is 0 Å². The van der Waals surface area contributed by atoms with Gasteiger partial charge in [0.1, 0.15) is 11.5 Å². The van der Waals surface area contributed by atoms with Crippen molar-refractivity contribution in [1.29, 1.82) is 0 Å². The number of phenolic OH excluding ortho intramolecular Hbond substituents is 2. The Morgan fingerprint density at radius 2 is 1.54 bits per heavy atom. The molecule has 4 rings (SSSR count). The van der Waals surface area contributed by atoms with Crippen LogP contribution < -0.4 is 5.32 Å². The second-order valence-corrected chi connectivity index (χ2v) is 7.40. The van der Waals surface area contributed by atoms with Crippen LogP contribution in [0.2, 0.25) is 0 Å². The average Bonchev–Trinajstić information content (AvgIpc) is 3.49. The maximum atomic E-state index is 13.0. The molecule has 1 aliphatic carbocycles. The maximum Gasteiger partial charge on any atom is 0.221 e. The molecule has 0 saturated heterocycles. The van der Waals surface area contributed by atoms with Crippen molar-refractivity contribution in [1.82, 2.24) is 5.32 Å². The molecule has 0 spiro atoms. The summed E-state index contributed by atoms with van der Waals surface area (Å²) in [6.07, 6.45) is 2.09. The van der Waals surface area contributed by atoms with E-state index in [2.05, 4.69) is 5.32 Å². The molecule has 3 aromatic carbocycles. The fraction of sp³-hybridized carbons (Fsp3) is 0.208. The van der Waals surface area contributed by atoms with Gasteiger partial charge in [-0.25, -0.2) is 0 Å². The van der Waals surface area contributed by atoms with Gasteiger partial charge in [-0.15, -0.1) is 0 Å². The van der Waals surface area contributed by atoms with Crippen LogP contribution >= 0.6 is 0 Å². The molecule has 0 unspecified atom stereocenters. The number of aromatic hydroxyl groups is 2. The number of carbonyl (C=O) groups excluding carboxylic acids is 1. The number of nitrogens with one attached hydrogen (secondary N) is 1. The van der Waals surface area contributed by atoms with E-state index >= 15 is 0 Å². The molecular formula is C24H23NO3. The molecule has 0 aliphatic heterocycles. The third-order valence-corrected chi connectivity index (χ3v) is 5.45. The van der Waals surface area contributed by atoms with Crippen LogP contribution in [-0.4, -0.2) is 16.1 Å². The van der Waals surface area contributed by atoms with E-state index in [9.17, 15) is 15.0 Å². The summed E-state index contributed by atoms with van der Waals surface area (Å²) in [5, 5.41) is 23.2. The molecule has 4 nitrogen and oxygen atoms in total. The van der Waals surface area contributed by atoms with Gasteiger partial charge in [0.25, 0.3) is 0 Å². The Morgan fingerprint density at radius 1 is 0.893 bits per heavy atom. The Bertz CT molecular complexity index is 963. The van der Waals surface area contributed by atoms with E-state index in [1.807, 2.05) is 42.5 Å². The molecule has 1 atom stereocenters. The first-order valence-electron chi connectivity index (χ1n) is 9.51. The van der Waals surface area contributed by atoms with Crippen LogP contribution in [0, 0.1) is 0 Å². The van der Waals surface area contributed by atoms with Crippen molar-refractivity contribution >= 4 is 5.91 Å². The van der Waals surface area contributed by atoms with Crippen LogP contribution in [0.1, 0.15) is 41.9 Å². The Hall–Kier alpha value is -3.27. The summed E-state index contributed by atoms with van der Waals surface area (Å²) < 4.78 is 0. The van der Waals surface area contributed by atoms with Crippen molar-refractivity contribution in [3.63, 3.8) is 0 Å². The van der Waals surface area contributed by atoms with Crippen molar-refractivity contribution in [2.45, 2.75) is 30.7 Å². The fourth-order valence-corrected chi connectivity index (χ4v) is 3.77. The quantitative estimate of drug-likeness (QED) is 0.599. The Balaban J connectivity index is 1.58.